The SMILES string of the molecule is CCCn1c(CC2CCCCC2)nnc1S(N)(=O)=O. The number of sulfonamides is 1. The van der Waals surface area contributed by atoms with Crippen molar-refractivity contribution in [1.29, 1.82) is 0 Å². The van der Waals surface area contributed by atoms with Gasteiger partial charge in [-0.05, 0) is 12.3 Å². The fourth-order valence-corrected chi connectivity index (χ4v) is 3.44. The zero-order valence-corrected chi connectivity index (χ0v) is 12.2. The third kappa shape index (κ3) is 3.54. The van der Waals surface area contributed by atoms with Gasteiger partial charge in [0.05, 0.1) is 0 Å². The van der Waals surface area contributed by atoms with Crippen LogP contribution in [-0.4, -0.2) is 23.2 Å². The molecule has 2 N–H and O–H groups in total. The largest absolute Gasteiger partial charge is 0.301 e. The molecule has 0 atom stereocenters. The summed E-state index contributed by atoms with van der Waals surface area (Å²) in [4.78, 5) is 0. The van der Waals surface area contributed by atoms with Crippen molar-refractivity contribution in [2.45, 2.75) is 63.6 Å². The number of aromatic nitrogens is 3. The summed E-state index contributed by atoms with van der Waals surface area (Å²) in [6, 6.07) is 0. The Morgan fingerprint density at radius 2 is 1.95 bits per heavy atom. The highest BCUT2D eigenvalue weighted by molar-refractivity contribution is 7.89. The van der Waals surface area contributed by atoms with Crippen LogP contribution in [0.1, 0.15) is 51.3 Å². The highest BCUT2D eigenvalue weighted by atomic mass is 32.2. The highest BCUT2D eigenvalue weighted by Crippen LogP contribution is 2.26. The molecule has 1 heterocycles. The minimum absolute atomic E-state index is 0.0971. The average molecular weight is 286 g/mol. The second kappa shape index (κ2) is 6.00. The molecule has 0 unspecified atom stereocenters. The third-order valence-corrected chi connectivity index (χ3v) is 4.50. The summed E-state index contributed by atoms with van der Waals surface area (Å²) in [7, 11) is -3.79. The quantitative estimate of drug-likeness (QED) is 0.887. The van der Waals surface area contributed by atoms with E-state index in [1.807, 2.05) is 6.92 Å². The van der Waals surface area contributed by atoms with Gasteiger partial charge >= 0.3 is 0 Å². The topological polar surface area (TPSA) is 90.9 Å². The fourth-order valence-electron chi connectivity index (χ4n) is 2.78. The van der Waals surface area contributed by atoms with Gasteiger partial charge < -0.3 is 4.57 Å². The lowest BCUT2D eigenvalue weighted by molar-refractivity contribution is 0.346. The number of hydrogen-bond acceptors (Lipinski definition) is 4. The normalized spacial score (nSPS) is 17.8. The van der Waals surface area contributed by atoms with Gasteiger partial charge in [0.1, 0.15) is 5.82 Å². The number of nitrogens with two attached hydrogens (primary N) is 1. The van der Waals surface area contributed by atoms with Crippen molar-refractivity contribution in [2.75, 3.05) is 0 Å². The first-order chi connectivity index (χ1) is 9.02. The fraction of sp³-hybridized carbons (Fsp3) is 0.833. The first-order valence-corrected chi connectivity index (χ1v) is 8.52. The van der Waals surface area contributed by atoms with Gasteiger partial charge in [-0.2, -0.15) is 0 Å². The molecule has 0 bridgehead atoms. The van der Waals surface area contributed by atoms with Crippen molar-refractivity contribution in [2.24, 2.45) is 11.1 Å². The molecule has 0 radical (unpaired) electrons. The van der Waals surface area contributed by atoms with Gasteiger partial charge in [0.25, 0.3) is 15.2 Å². The van der Waals surface area contributed by atoms with Crippen LogP contribution in [0.4, 0.5) is 0 Å². The van der Waals surface area contributed by atoms with Crippen LogP contribution in [0.15, 0.2) is 5.16 Å². The van der Waals surface area contributed by atoms with Gasteiger partial charge in [-0.25, -0.2) is 13.6 Å². The van der Waals surface area contributed by atoms with Crippen LogP contribution in [0.25, 0.3) is 0 Å². The van der Waals surface area contributed by atoms with Crippen LogP contribution < -0.4 is 5.14 Å². The Balaban J connectivity index is 2.22. The molecule has 1 aromatic heterocycles. The van der Waals surface area contributed by atoms with Crippen LogP contribution in [0.3, 0.4) is 0 Å². The molecule has 1 saturated carbocycles. The zero-order chi connectivity index (χ0) is 13.9. The predicted molar refractivity (Wildman–Crippen MR) is 72.0 cm³/mol. The molecule has 1 aliphatic carbocycles. The summed E-state index contributed by atoms with van der Waals surface area (Å²) in [5, 5.41) is 12.9. The molecule has 0 saturated heterocycles. The van der Waals surface area contributed by atoms with Crippen molar-refractivity contribution in [3.05, 3.63) is 5.82 Å². The number of hydrogen-bond donors (Lipinski definition) is 1. The molecule has 0 aromatic carbocycles. The Morgan fingerprint density at radius 1 is 1.26 bits per heavy atom. The Labute approximate surface area is 114 Å². The molecule has 1 aliphatic rings. The van der Waals surface area contributed by atoms with E-state index in [1.54, 1.807) is 4.57 Å². The van der Waals surface area contributed by atoms with Crippen LogP contribution in [0, 0.1) is 5.92 Å². The standard InChI is InChI=1S/C12H22N4O2S/c1-2-8-16-11(9-10-6-4-3-5-7-10)14-15-12(16)19(13,17)18/h10H,2-9H2,1H3,(H2,13,17,18). The molecule has 1 aromatic rings. The van der Waals surface area contributed by atoms with Crippen molar-refractivity contribution in [3.63, 3.8) is 0 Å². The van der Waals surface area contributed by atoms with Crippen molar-refractivity contribution < 1.29 is 8.42 Å². The molecule has 7 heteroatoms. The summed E-state index contributed by atoms with van der Waals surface area (Å²) < 4.78 is 24.6. The summed E-state index contributed by atoms with van der Waals surface area (Å²) >= 11 is 0. The molecule has 1 fully saturated rings. The summed E-state index contributed by atoms with van der Waals surface area (Å²) in [5.41, 5.74) is 0. The van der Waals surface area contributed by atoms with Gasteiger partial charge in [0, 0.05) is 13.0 Å². The molecular weight excluding hydrogens is 264 g/mol. The lowest BCUT2D eigenvalue weighted by Crippen LogP contribution is -2.20. The van der Waals surface area contributed by atoms with Crippen molar-refractivity contribution in [3.8, 4) is 0 Å². The van der Waals surface area contributed by atoms with Gasteiger partial charge in [-0.1, -0.05) is 39.0 Å². The zero-order valence-electron chi connectivity index (χ0n) is 11.4. The van der Waals surface area contributed by atoms with E-state index < -0.39 is 10.0 Å². The molecule has 0 spiro atoms. The lowest BCUT2D eigenvalue weighted by Gasteiger charge is -2.21. The van der Waals surface area contributed by atoms with Crippen molar-refractivity contribution in [1.82, 2.24) is 14.8 Å². The van der Waals surface area contributed by atoms with E-state index in [-0.39, 0.29) is 5.16 Å². The minimum Gasteiger partial charge on any atom is -0.301 e. The van der Waals surface area contributed by atoms with Crippen LogP contribution >= 0.6 is 0 Å². The van der Waals surface area contributed by atoms with E-state index in [0.29, 0.717) is 12.5 Å². The Morgan fingerprint density at radius 3 is 2.53 bits per heavy atom. The summed E-state index contributed by atoms with van der Waals surface area (Å²) in [6.45, 7) is 2.60. The van der Waals surface area contributed by atoms with E-state index in [0.717, 1.165) is 18.7 Å². The van der Waals surface area contributed by atoms with Crippen LogP contribution in [0.5, 0.6) is 0 Å². The molecule has 0 aliphatic heterocycles. The molecule has 2 rings (SSSR count). The van der Waals surface area contributed by atoms with E-state index in [4.69, 9.17) is 5.14 Å². The van der Waals surface area contributed by atoms with E-state index in [9.17, 15) is 8.42 Å². The monoisotopic (exact) mass is 286 g/mol. The van der Waals surface area contributed by atoms with Gasteiger partial charge in [-0.3, -0.25) is 0 Å². The maximum Gasteiger partial charge on any atom is 0.273 e. The molecule has 19 heavy (non-hydrogen) atoms. The number of primary sulfonamides is 1. The second-order valence-corrected chi connectivity index (χ2v) is 6.76. The third-order valence-electron chi connectivity index (χ3n) is 3.69. The molecular formula is C12H22N4O2S. The summed E-state index contributed by atoms with van der Waals surface area (Å²) in [5.74, 6) is 1.36. The Hall–Kier alpha value is -0.950. The van der Waals surface area contributed by atoms with Crippen molar-refractivity contribution >= 4 is 10.0 Å². The lowest BCUT2D eigenvalue weighted by atomic mass is 9.87. The predicted octanol–water partition coefficient (Wildman–Crippen LogP) is 1.46. The van der Waals surface area contributed by atoms with Gasteiger partial charge in [0.15, 0.2) is 0 Å². The van der Waals surface area contributed by atoms with Crippen LogP contribution in [0.2, 0.25) is 0 Å². The van der Waals surface area contributed by atoms with E-state index in [2.05, 4.69) is 10.2 Å². The minimum atomic E-state index is -3.79. The maximum atomic E-state index is 11.5. The first kappa shape index (κ1) is 14.5. The smallest absolute Gasteiger partial charge is 0.273 e. The number of nitrogens with zero attached hydrogens (tertiary/aromatic N) is 3. The highest BCUT2D eigenvalue weighted by Gasteiger charge is 2.23. The Kier molecular flexibility index (Phi) is 4.57. The summed E-state index contributed by atoms with van der Waals surface area (Å²) in [6.07, 6.45) is 7.86. The first-order valence-electron chi connectivity index (χ1n) is 6.97. The van der Waals surface area contributed by atoms with Gasteiger partial charge in [0.2, 0.25) is 0 Å². The van der Waals surface area contributed by atoms with E-state index >= 15 is 0 Å². The number of rotatable bonds is 5. The average Bonchev–Trinajstić information content (AvgIpc) is 2.74. The van der Waals surface area contributed by atoms with Gasteiger partial charge in [-0.15, -0.1) is 10.2 Å². The maximum absolute atomic E-state index is 11.5. The molecule has 6 nitrogen and oxygen atoms in total. The molecule has 108 valence electrons. The van der Waals surface area contributed by atoms with E-state index in [1.165, 1.54) is 32.1 Å². The van der Waals surface area contributed by atoms with Crippen LogP contribution in [-0.2, 0) is 23.0 Å². The Bertz CT molecular complexity index is 518. The molecule has 0 amide bonds. The second-order valence-electron chi connectivity index (χ2n) is 5.30.